The van der Waals surface area contributed by atoms with E-state index in [1.807, 2.05) is 67.6 Å². The summed E-state index contributed by atoms with van der Waals surface area (Å²) in [6.45, 7) is 2.80. The molecule has 4 nitrogen and oxygen atoms in total. The molecule has 0 heterocycles. The maximum atomic E-state index is 13.4. The summed E-state index contributed by atoms with van der Waals surface area (Å²) in [5, 5.41) is 2.95. The van der Waals surface area contributed by atoms with Crippen molar-refractivity contribution in [1.82, 2.24) is 5.32 Å². The van der Waals surface area contributed by atoms with Gasteiger partial charge in [-0.2, -0.15) is 0 Å². The second-order valence-electron chi connectivity index (χ2n) is 8.49. The lowest BCUT2D eigenvalue weighted by Crippen LogP contribution is -2.30. The van der Waals surface area contributed by atoms with Gasteiger partial charge in [0.2, 0.25) is 5.91 Å². The van der Waals surface area contributed by atoms with E-state index in [9.17, 15) is 14.0 Å². The van der Waals surface area contributed by atoms with E-state index in [1.165, 1.54) is 12.1 Å². The lowest BCUT2D eigenvalue weighted by molar-refractivity contribution is -0.120. The van der Waals surface area contributed by atoms with Gasteiger partial charge in [-0.25, -0.2) is 4.39 Å². The van der Waals surface area contributed by atoms with Gasteiger partial charge >= 0.3 is 0 Å². The molecule has 0 fully saturated rings. The molecular weight excluding hydrogens is 439 g/mol. The minimum absolute atomic E-state index is 0.0669. The zero-order valence-electron chi connectivity index (χ0n) is 19.6. The second-order valence-corrected chi connectivity index (χ2v) is 8.49. The van der Waals surface area contributed by atoms with Crippen LogP contribution in [0.1, 0.15) is 32.6 Å². The van der Waals surface area contributed by atoms with Gasteiger partial charge in [0.05, 0.1) is 13.0 Å². The maximum Gasteiger partial charge on any atom is 0.258 e. The fourth-order valence-electron chi connectivity index (χ4n) is 3.85. The topological polar surface area (TPSA) is 49.4 Å². The zero-order chi connectivity index (χ0) is 24.6. The Hall–Kier alpha value is -4.25. The molecule has 5 heteroatoms. The van der Waals surface area contributed by atoms with Crippen LogP contribution in [0.25, 0.3) is 0 Å². The Morgan fingerprint density at radius 1 is 0.771 bits per heavy atom. The molecule has 0 aliphatic rings. The fourth-order valence-corrected chi connectivity index (χ4v) is 3.85. The van der Waals surface area contributed by atoms with Crippen LogP contribution in [0.3, 0.4) is 0 Å². The van der Waals surface area contributed by atoms with Gasteiger partial charge in [0.25, 0.3) is 5.91 Å². The van der Waals surface area contributed by atoms with Gasteiger partial charge in [-0.3, -0.25) is 9.59 Å². The highest BCUT2D eigenvalue weighted by Gasteiger charge is 2.18. The van der Waals surface area contributed by atoms with Crippen molar-refractivity contribution < 1.29 is 14.0 Å². The van der Waals surface area contributed by atoms with Crippen molar-refractivity contribution in [2.24, 2.45) is 0 Å². The molecule has 0 atom stereocenters. The molecule has 4 rings (SSSR count). The second kappa shape index (κ2) is 11.3. The number of carbonyl (C=O) groups is 2. The van der Waals surface area contributed by atoms with Crippen molar-refractivity contribution in [2.75, 3.05) is 4.90 Å². The third-order valence-electron chi connectivity index (χ3n) is 5.70. The van der Waals surface area contributed by atoms with Crippen LogP contribution in [0.5, 0.6) is 0 Å². The smallest absolute Gasteiger partial charge is 0.258 e. The third-order valence-corrected chi connectivity index (χ3v) is 5.70. The molecule has 0 bridgehead atoms. The Balaban J connectivity index is 1.47. The van der Waals surface area contributed by atoms with Gasteiger partial charge in [-0.1, -0.05) is 72.3 Å². The molecule has 4 aromatic carbocycles. The van der Waals surface area contributed by atoms with Crippen molar-refractivity contribution in [2.45, 2.75) is 26.4 Å². The van der Waals surface area contributed by atoms with E-state index in [0.29, 0.717) is 24.3 Å². The van der Waals surface area contributed by atoms with Gasteiger partial charge in [0.15, 0.2) is 0 Å². The summed E-state index contributed by atoms with van der Waals surface area (Å²) in [6, 6.07) is 30.6. The van der Waals surface area contributed by atoms with E-state index in [1.54, 1.807) is 29.2 Å². The van der Waals surface area contributed by atoms with E-state index in [-0.39, 0.29) is 24.1 Å². The number of hydrogen-bond acceptors (Lipinski definition) is 2. The highest BCUT2D eigenvalue weighted by Crippen LogP contribution is 2.22. The number of rotatable bonds is 8. The van der Waals surface area contributed by atoms with Crippen LogP contribution in [0.4, 0.5) is 10.1 Å². The number of nitrogens with zero attached hydrogens (tertiary/aromatic N) is 1. The van der Waals surface area contributed by atoms with Crippen LogP contribution < -0.4 is 10.2 Å². The quantitative estimate of drug-likeness (QED) is 0.355. The molecule has 0 aromatic heterocycles. The largest absolute Gasteiger partial charge is 0.352 e. The Morgan fingerprint density at radius 3 is 2.14 bits per heavy atom. The number of benzene rings is 4. The zero-order valence-corrected chi connectivity index (χ0v) is 19.6. The fraction of sp³-hybridized carbons (Fsp3) is 0.133. The van der Waals surface area contributed by atoms with Gasteiger partial charge < -0.3 is 10.2 Å². The average Bonchev–Trinajstić information content (AvgIpc) is 2.88. The number of amides is 2. The first kappa shape index (κ1) is 23.9. The van der Waals surface area contributed by atoms with E-state index in [4.69, 9.17) is 0 Å². The summed E-state index contributed by atoms with van der Waals surface area (Å²) in [7, 11) is 0. The summed E-state index contributed by atoms with van der Waals surface area (Å²) in [5.74, 6) is -0.541. The van der Waals surface area contributed by atoms with Crippen molar-refractivity contribution >= 4 is 17.5 Å². The molecule has 1 N–H and O–H groups in total. The first-order valence-electron chi connectivity index (χ1n) is 11.5. The first-order valence-corrected chi connectivity index (χ1v) is 11.5. The number of hydrogen-bond donors (Lipinski definition) is 1. The van der Waals surface area contributed by atoms with Crippen LogP contribution in [0.15, 0.2) is 103 Å². The van der Waals surface area contributed by atoms with E-state index >= 15 is 0 Å². The predicted octanol–water partition coefficient (Wildman–Crippen LogP) is 5.84. The summed E-state index contributed by atoms with van der Waals surface area (Å²) < 4.78 is 13.4. The van der Waals surface area contributed by atoms with E-state index in [0.717, 1.165) is 22.3 Å². The highest BCUT2D eigenvalue weighted by atomic mass is 19.1. The van der Waals surface area contributed by atoms with Crippen LogP contribution in [-0.2, 0) is 24.3 Å². The lowest BCUT2D eigenvalue weighted by Gasteiger charge is -2.23. The van der Waals surface area contributed by atoms with Gasteiger partial charge in [0, 0.05) is 17.8 Å². The SMILES string of the molecule is Cc1cccc(CNC(=O)Cc2ccc(N(Cc3ccc(F)cc3)C(=O)c3ccccc3)cc2)c1. The first-order chi connectivity index (χ1) is 17.0. The van der Waals surface area contributed by atoms with E-state index < -0.39 is 0 Å². The molecule has 176 valence electrons. The summed E-state index contributed by atoms with van der Waals surface area (Å²) in [5.41, 5.74) is 5.15. The maximum absolute atomic E-state index is 13.4. The Kier molecular flexibility index (Phi) is 7.68. The standard InChI is InChI=1S/C30H27FN2O2/c1-22-6-5-7-25(18-22)20-32-29(34)19-23-12-16-28(17-13-23)33(21-24-10-14-27(31)15-11-24)30(35)26-8-3-2-4-9-26/h2-18H,19-21H2,1H3,(H,32,34). The molecule has 0 spiro atoms. The Bertz CT molecular complexity index is 1290. The Morgan fingerprint density at radius 2 is 1.46 bits per heavy atom. The summed E-state index contributed by atoms with van der Waals surface area (Å²) in [6.07, 6.45) is 0.247. The molecule has 4 aromatic rings. The molecule has 35 heavy (non-hydrogen) atoms. The molecule has 0 saturated carbocycles. The van der Waals surface area contributed by atoms with Gasteiger partial charge in [-0.15, -0.1) is 0 Å². The van der Waals surface area contributed by atoms with Crippen molar-refractivity contribution in [3.63, 3.8) is 0 Å². The summed E-state index contributed by atoms with van der Waals surface area (Å²) in [4.78, 5) is 27.4. The molecule has 0 aliphatic heterocycles. The molecular formula is C30H27FN2O2. The predicted molar refractivity (Wildman–Crippen MR) is 137 cm³/mol. The van der Waals surface area contributed by atoms with Gasteiger partial charge in [0.1, 0.15) is 5.82 Å². The summed E-state index contributed by atoms with van der Waals surface area (Å²) >= 11 is 0. The molecule has 0 radical (unpaired) electrons. The minimum atomic E-state index is -0.320. The molecule has 0 unspecified atom stereocenters. The molecule has 0 aliphatic carbocycles. The molecule has 0 saturated heterocycles. The van der Waals surface area contributed by atoms with Crippen LogP contribution in [0, 0.1) is 12.7 Å². The number of halogens is 1. The molecule has 2 amide bonds. The van der Waals surface area contributed by atoms with Crippen molar-refractivity contribution in [3.05, 3.63) is 137 Å². The average molecular weight is 467 g/mol. The number of nitrogens with one attached hydrogen (secondary N) is 1. The number of aryl methyl sites for hydroxylation is 1. The minimum Gasteiger partial charge on any atom is -0.352 e. The van der Waals surface area contributed by atoms with Gasteiger partial charge in [-0.05, 0) is 60.0 Å². The highest BCUT2D eigenvalue weighted by molar-refractivity contribution is 6.06. The van der Waals surface area contributed by atoms with Crippen molar-refractivity contribution in [3.8, 4) is 0 Å². The lowest BCUT2D eigenvalue weighted by atomic mass is 10.1. The van der Waals surface area contributed by atoms with Crippen LogP contribution in [0.2, 0.25) is 0 Å². The third kappa shape index (κ3) is 6.64. The van der Waals surface area contributed by atoms with E-state index in [2.05, 4.69) is 11.4 Å². The number of anilines is 1. The number of carbonyl (C=O) groups excluding carboxylic acids is 2. The van der Waals surface area contributed by atoms with Crippen molar-refractivity contribution in [1.29, 1.82) is 0 Å². The van der Waals surface area contributed by atoms with Crippen LogP contribution in [-0.4, -0.2) is 11.8 Å². The Labute approximate surface area is 205 Å². The normalized spacial score (nSPS) is 10.6. The monoisotopic (exact) mass is 466 g/mol. The van der Waals surface area contributed by atoms with Crippen LogP contribution >= 0.6 is 0 Å².